The van der Waals surface area contributed by atoms with Crippen molar-refractivity contribution >= 4 is 23.2 Å². The molecule has 27 heavy (non-hydrogen) atoms. The summed E-state index contributed by atoms with van der Waals surface area (Å²) in [6.45, 7) is 0. The lowest BCUT2D eigenvalue weighted by atomic mass is 10.1. The van der Waals surface area contributed by atoms with Crippen molar-refractivity contribution in [3.63, 3.8) is 0 Å². The van der Waals surface area contributed by atoms with Gasteiger partial charge >= 0.3 is 0 Å². The van der Waals surface area contributed by atoms with E-state index in [0.717, 1.165) is 0 Å². The summed E-state index contributed by atoms with van der Waals surface area (Å²) in [5.74, 6) is -1.20. The molecule has 0 N–H and O–H groups in total. The summed E-state index contributed by atoms with van der Waals surface area (Å²) in [5.41, 5.74) is -0.0535. The molecule has 0 aromatic heterocycles. The number of ether oxygens (including phenoxy) is 1. The fraction of sp³-hybridized carbons (Fsp3) is 0. The van der Waals surface area contributed by atoms with Crippen molar-refractivity contribution in [3.8, 4) is 33.8 Å². The van der Waals surface area contributed by atoms with Gasteiger partial charge in [-0.1, -0.05) is 83.8 Å². The normalized spacial score (nSPS) is 15.8. The molecule has 0 saturated carbocycles. The monoisotopic (exact) mass is 400 g/mol. The Balaban J connectivity index is 1.90. The minimum Gasteiger partial charge on any atom is -0.457 e. The lowest BCUT2D eigenvalue weighted by Crippen LogP contribution is -1.86. The number of halogens is 2. The van der Waals surface area contributed by atoms with Crippen LogP contribution < -0.4 is 4.74 Å². The molecule has 0 radical (unpaired) electrons. The van der Waals surface area contributed by atoms with E-state index in [0.29, 0.717) is 0 Å². The van der Waals surface area contributed by atoms with E-state index in [-0.39, 0.29) is 44.4 Å². The predicted octanol–water partition coefficient (Wildman–Crippen LogP) is 8.12. The Bertz CT molecular complexity index is 1410. The molecule has 4 aromatic carbocycles. The summed E-state index contributed by atoms with van der Waals surface area (Å²) in [4.78, 5) is 0. The molecular formula is C24H16Cl2O. The first-order valence-corrected chi connectivity index (χ1v) is 8.53. The van der Waals surface area contributed by atoms with Crippen LogP contribution in [-0.2, 0) is 0 Å². The molecule has 0 spiro atoms. The van der Waals surface area contributed by atoms with E-state index in [2.05, 4.69) is 0 Å². The highest BCUT2D eigenvalue weighted by Crippen LogP contribution is 2.32. The maximum absolute atomic E-state index is 8.44. The molecule has 132 valence electrons. The van der Waals surface area contributed by atoms with Crippen molar-refractivity contribution < 1.29 is 18.4 Å². The Hall–Kier alpha value is -2.74. The molecular weight excluding hydrogens is 375 g/mol. The first kappa shape index (κ1) is 9.45. The van der Waals surface area contributed by atoms with Crippen molar-refractivity contribution in [1.29, 1.82) is 0 Å². The van der Waals surface area contributed by atoms with Gasteiger partial charge in [0.2, 0.25) is 0 Å². The zero-order chi connectivity index (χ0) is 27.3. The van der Waals surface area contributed by atoms with Gasteiger partial charge in [-0.05, 0) is 47.4 Å². The minimum atomic E-state index is -0.631. The van der Waals surface area contributed by atoms with Crippen LogP contribution in [0.25, 0.3) is 22.3 Å². The van der Waals surface area contributed by atoms with Crippen molar-refractivity contribution in [2.75, 3.05) is 0 Å². The van der Waals surface area contributed by atoms with E-state index >= 15 is 0 Å². The van der Waals surface area contributed by atoms with Crippen molar-refractivity contribution in [2.24, 2.45) is 0 Å². The van der Waals surface area contributed by atoms with E-state index in [1.54, 1.807) is 0 Å². The summed E-state index contributed by atoms with van der Waals surface area (Å²) in [7, 11) is 0. The van der Waals surface area contributed by atoms with Crippen LogP contribution in [0.4, 0.5) is 0 Å². The lowest BCUT2D eigenvalue weighted by molar-refractivity contribution is 0.483. The molecule has 0 saturated heterocycles. The topological polar surface area (TPSA) is 9.23 Å². The number of rotatable bonds is 4. The Morgan fingerprint density at radius 2 is 0.963 bits per heavy atom. The predicted molar refractivity (Wildman–Crippen MR) is 114 cm³/mol. The van der Waals surface area contributed by atoms with Crippen LogP contribution in [0.5, 0.6) is 11.5 Å². The lowest BCUT2D eigenvalue weighted by Gasteiger charge is -2.09. The van der Waals surface area contributed by atoms with E-state index in [1.807, 2.05) is 0 Å². The molecule has 0 fully saturated rings. The summed E-state index contributed by atoms with van der Waals surface area (Å²) in [6.07, 6.45) is 0. The van der Waals surface area contributed by atoms with Crippen LogP contribution in [0.3, 0.4) is 0 Å². The van der Waals surface area contributed by atoms with Gasteiger partial charge in [-0.25, -0.2) is 0 Å². The van der Waals surface area contributed by atoms with Gasteiger partial charge in [0.15, 0.2) is 0 Å². The van der Waals surface area contributed by atoms with Crippen LogP contribution in [0, 0.1) is 0 Å². The van der Waals surface area contributed by atoms with Gasteiger partial charge in [0, 0.05) is 21.2 Å². The van der Waals surface area contributed by atoms with Crippen molar-refractivity contribution in [3.05, 3.63) is 107 Å². The second-order valence-corrected chi connectivity index (χ2v) is 6.06. The Labute approximate surface area is 182 Å². The van der Waals surface area contributed by atoms with Crippen LogP contribution in [0.15, 0.2) is 96.8 Å². The van der Waals surface area contributed by atoms with Gasteiger partial charge in [-0.3, -0.25) is 0 Å². The highest BCUT2D eigenvalue weighted by Gasteiger charge is 2.05. The van der Waals surface area contributed by atoms with E-state index in [9.17, 15) is 0 Å². The van der Waals surface area contributed by atoms with E-state index in [4.69, 9.17) is 41.6 Å². The number of benzene rings is 4. The van der Waals surface area contributed by atoms with E-state index in [1.165, 1.54) is 36.4 Å². The standard InChI is InChI=1S/C24H16Cl2O/c25-23-7-3-1-5-21(23)17-9-13-19(14-10-17)27-20-15-11-18(12-16-20)22-6-2-4-8-24(22)26/h1-16H/i7D,8D,9D,10D,11D,12D,13D,14D,15D,16D. The second kappa shape index (κ2) is 7.87. The molecule has 0 heterocycles. The summed E-state index contributed by atoms with van der Waals surface area (Å²) in [5, 5.41) is -0.106. The zero-order valence-corrected chi connectivity index (χ0v) is 15.1. The molecule has 0 bridgehead atoms. The van der Waals surface area contributed by atoms with Gasteiger partial charge in [-0.2, -0.15) is 0 Å². The third-order valence-corrected chi connectivity index (χ3v) is 4.18. The van der Waals surface area contributed by atoms with Crippen LogP contribution in [0.1, 0.15) is 13.7 Å². The highest BCUT2D eigenvalue weighted by atomic mass is 35.5. The van der Waals surface area contributed by atoms with Gasteiger partial charge in [0.05, 0.1) is 13.7 Å². The molecule has 4 rings (SSSR count). The SMILES string of the molecule is [2H]c1cccc(-c2c([2H])c([2H])c(Oc3c([2H])c([2H])c(-c4cccc([2H])c4Cl)c([2H])c3[2H])c([2H])c2[2H])c1Cl. The molecule has 0 aliphatic heterocycles. The van der Waals surface area contributed by atoms with Gasteiger partial charge in [0.25, 0.3) is 0 Å². The van der Waals surface area contributed by atoms with Gasteiger partial charge < -0.3 is 4.74 Å². The maximum Gasteiger partial charge on any atom is 0.127 e. The average molecular weight is 401 g/mol. The Morgan fingerprint density at radius 3 is 1.37 bits per heavy atom. The maximum atomic E-state index is 8.44. The first-order chi connectivity index (χ1) is 17.4. The average Bonchev–Trinajstić information content (AvgIpc) is 2.86. The van der Waals surface area contributed by atoms with Gasteiger partial charge in [0.1, 0.15) is 11.5 Å². The summed E-state index contributed by atoms with van der Waals surface area (Å²) < 4.78 is 88.7. The molecule has 0 aliphatic carbocycles. The highest BCUT2D eigenvalue weighted by molar-refractivity contribution is 6.33. The quantitative estimate of drug-likeness (QED) is 0.335. The second-order valence-electron chi connectivity index (χ2n) is 5.31. The van der Waals surface area contributed by atoms with E-state index < -0.39 is 59.8 Å². The number of hydrogen-bond acceptors (Lipinski definition) is 1. The summed E-state index contributed by atoms with van der Waals surface area (Å²) in [6, 6.07) is 4.03. The molecule has 1 nitrogen and oxygen atoms in total. The Kier molecular flexibility index (Phi) is 2.76. The van der Waals surface area contributed by atoms with Crippen molar-refractivity contribution in [1.82, 2.24) is 0 Å². The van der Waals surface area contributed by atoms with Crippen molar-refractivity contribution in [2.45, 2.75) is 0 Å². The molecule has 3 heteroatoms. The molecule has 0 amide bonds. The number of hydrogen-bond donors (Lipinski definition) is 0. The fourth-order valence-electron chi connectivity index (χ4n) is 2.29. The van der Waals surface area contributed by atoms with Crippen LogP contribution in [0.2, 0.25) is 10.0 Å². The third-order valence-electron chi connectivity index (χ3n) is 3.56. The minimum absolute atomic E-state index is 0.0532. The first-order valence-electron chi connectivity index (χ1n) is 12.8. The fourth-order valence-corrected chi connectivity index (χ4v) is 2.74. The molecule has 4 aromatic rings. The van der Waals surface area contributed by atoms with Crippen LogP contribution in [-0.4, -0.2) is 0 Å². The van der Waals surface area contributed by atoms with Crippen LogP contribution >= 0.6 is 23.2 Å². The smallest absolute Gasteiger partial charge is 0.127 e. The Morgan fingerprint density at radius 1 is 0.556 bits per heavy atom. The molecule has 0 aliphatic rings. The molecule has 0 unspecified atom stereocenters. The third kappa shape index (κ3) is 4.00. The largest absolute Gasteiger partial charge is 0.457 e. The zero-order valence-electron chi connectivity index (χ0n) is 23.6. The van der Waals surface area contributed by atoms with Gasteiger partial charge in [-0.15, -0.1) is 0 Å². The summed E-state index contributed by atoms with van der Waals surface area (Å²) >= 11 is 12.4. The molecule has 0 atom stereocenters.